The average Bonchev–Trinajstić information content (AvgIpc) is 3.30. The van der Waals surface area contributed by atoms with Gasteiger partial charge in [-0.2, -0.15) is 0 Å². The molecule has 0 radical (unpaired) electrons. The van der Waals surface area contributed by atoms with Crippen LogP contribution in [-0.4, -0.2) is 24.5 Å². The molecule has 0 spiro atoms. The van der Waals surface area contributed by atoms with Crippen LogP contribution in [0.15, 0.2) is 70.8 Å². The monoisotopic (exact) mass is 402 g/mol. The van der Waals surface area contributed by atoms with Gasteiger partial charge in [0.25, 0.3) is 5.91 Å². The Morgan fingerprint density at radius 1 is 1.13 bits per heavy atom. The SMILES string of the molecule is COc1ccc(-c2cnc(-c3ccccc3C(=O)NCCC3=CCCCC3)o2)cc1. The van der Waals surface area contributed by atoms with E-state index in [4.69, 9.17) is 9.15 Å². The van der Waals surface area contributed by atoms with Crippen molar-refractivity contribution in [2.75, 3.05) is 13.7 Å². The lowest BCUT2D eigenvalue weighted by molar-refractivity contribution is 0.0954. The minimum atomic E-state index is -0.105. The number of nitrogens with one attached hydrogen (secondary N) is 1. The number of aromatic nitrogens is 1. The summed E-state index contributed by atoms with van der Waals surface area (Å²) >= 11 is 0. The fraction of sp³-hybridized carbons (Fsp3) is 0.280. The van der Waals surface area contributed by atoms with E-state index in [1.54, 1.807) is 13.3 Å². The first kappa shape index (κ1) is 20.0. The molecule has 2 aromatic carbocycles. The maximum Gasteiger partial charge on any atom is 0.252 e. The molecule has 154 valence electrons. The van der Waals surface area contributed by atoms with Crippen molar-refractivity contribution in [1.82, 2.24) is 10.3 Å². The molecule has 0 bridgehead atoms. The molecule has 1 aliphatic rings. The van der Waals surface area contributed by atoms with Gasteiger partial charge in [0.05, 0.1) is 18.9 Å². The van der Waals surface area contributed by atoms with E-state index in [1.165, 1.54) is 18.4 Å². The predicted octanol–water partition coefficient (Wildman–Crippen LogP) is 5.64. The van der Waals surface area contributed by atoms with Crippen LogP contribution in [-0.2, 0) is 0 Å². The molecule has 0 atom stereocenters. The Hall–Kier alpha value is -3.34. The molecule has 3 aromatic rings. The van der Waals surface area contributed by atoms with Gasteiger partial charge in [0.1, 0.15) is 5.75 Å². The van der Waals surface area contributed by atoms with Crippen molar-refractivity contribution in [3.8, 4) is 28.5 Å². The summed E-state index contributed by atoms with van der Waals surface area (Å²) in [4.78, 5) is 17.2. The normalized spacial score (nSPS) is 13.6. The van der Waals surface area contributed by atoms with Crippen molar-refractivity contribution in [3.05, 3.63) is 71.9 Å². The van der Waals surface area contributed by atoms with Crippen molar-refractivity contribution < 1.29 is 13.9 Å². The summed E-state index contributed by atoms with van der Waals surface area (Å²) in [5, 5.41) is 3.04. The Kier molecular flexibility index (Phi) is 6.28. The molecule has 0 saturated heterocycles. The van der Waals surface area contributed by atoms with E-state index in [0.29, 0.717) is 29.3 Å². The van der Waals surface area contributed by atoms with Gasteiger partial charge in [-0.15, -0.1) is 0 Å². The van der Waals surface area contributed by atoms with Gasteiger partial charge in [0.15, 0.2) is 5.76 Å². The third-order valence-electron chi connectivity index (χ3n) is 5.40. The van der Waals surface area contributed by atoms with Gasteiger partial charge in [0.2, 0.25) is 5.89 Å². The van der Waals surface area contributed by atoms with Crippen molar-refractivity contribution in [3.63, 3.8) is 0 Å². The number of nitrogens with zero attached hydrogens (tertiary/aromatic N) is 1. The summed E-state index contributed by atoms with van der Waals surface area (Å²) in [6.07, 6.45) is 9.75. The van der Waals surface area contributed by atoms with Crippen molar-refractivity contribution in [2.24, 2.45) is 0 Å². The fourth-order valence-electron chi connectivity index (χ4n) is 3.72. The molecule has 1 amide bonds. The third-order valence-corrected chi connectivity index (χ3v) is 5.40. The molecule has 5 heteroatoms. The van der Waals surface area contributed by atoms with Crippen molar-refractivity contribution in [1.29, 1.82) is 0 Å². The maximum absolute atomic E-state index is 12.8. The predicted molar refractivity (Wildman–Crippen MR) is 117 cm³/mol. The van der Waals surface area contributed by atoms with Gasteiger partial charge >= 0.3 is 0 Å². The number of allylic oxidation sites excluding steroid dienone is 1. The highest BCUT2D eigenvalue weighted by molar-refractivity contribution is 6.00. The number of carbonyl (C=O) groups excluding carboxylic acids is 1. The van der Waals surface area contributed by atoms with Gasteiger partial charge in [-0.1, -0.05) is 23.8 Å². The number of hydrogen-bond acceptors (Lipinski definition) is 4. The van der Waals surface area contributed by atoms with Gasteiger partial charge < -0.3 is 14.5 Å². The minimum Gasteiger partial charge on any atom is -0.497 e. The van der Waals surface area contributed by atoms with Crippen LogP contribution in [0.1, 0.15) is 42.5 Å². The van der Waals surface area contributed by atoms with Crippen LogP contribution in [0.25, 0.3) is 22.8 Å². The molecule has 0 saturated carbocycles. The number of oxazole rings is 1. The van der Waals surface area contributed by atoms with E-state index in [9.17, 15) is 4.79 Å². The zero-order valence-corrected chi connectivity index (χ0v) is 17.2. The van der Waals surface area contributed by atoms with E-state index >= 15 is 0 Å². The fourth-order valence-corrected chi connectivity index (χ4v) is 3.72. The standard InChI is InChI=1S/C25H26N2O3/c1-29-20-13-11-19(12-14-20)23-17-27-25(30-23)22-10-6-5-9-21(22)24(28)26-16-15-18-7-3-2-4-8-18/h5-7,9-14,17H,2-4,8,15-16H2,1H3,(H,26,28). The van der Waals surface area contributed by atoms with Crippen LogP contribution in [0, 0.1) is 0 Å². The van der Waals surface area contributed by atoms with Crippen LogP contribution in [0.3, 0.4) is 0 Å². The first-order chi connectivity index (χ1) is 14.7. The largest absolute Gasteiger partial charge is 0.497 e. The molecular formula is C25H26N2O3. The van der Waals surface area contributed by atoms with Gasteiger partial charge in [-0.3, -0.25) is 4.79 Å². The summed E-state index contributed by atoms with van der Waals surface area (Å²) in [5.41, 5.74) is 3.61. The average molecular weight is 402 g/mol. The summed E-state index contributed by atoms with van der Waals surface area (Å²) in [5.74, 6) is 1.75. The van der Waals surface area contributed by atoms with Crippen LogP contribution in [0.5, 0.6) is 5.75 Å². The molecular weight excluding hydrogens is 376 g/mol. The Labute approximate surface area is 176 Å². The lowest BCUT2D eigenvalue weighted by Crippen LogP contribution is -2.25. The second-order valence-electron chi connectivity index (χ2n) is 7.42. The molecule has 1 heterocycles. The first-order valence-electron chi connectivity index (χ1n) is 10.4. The molecule has 5 nitrogen and oxygen atoms in total. The Balaban J connectivity index is 1.48. The zero-order chi connectivity index (χ0) is 20.8. The zero-order valence-electron chi connectivity index (χ0n) is 17.2. The smallest absolute Gasteiger partial charge is 0.252 e. The topological polar surface area (TPSA) is 64.4 Å². The van der Waals surface area contributed by atoms with Crippen LogP contribution >= 0.6 is 0 Å². The van der Waals surface area contributed by atoms with Crippen LogP contribution in [0.2, 0.25) is 0 Å². The summed E-state index contributed by atoms with van der Waals surface area (Å²) < 4.78 is 11.2. The van der Waals surface area contributed by atoms with Gasteiger partial charge in [-0.05, 0) is 68.5 Å². The molecule has 0 fully saturated rings. The number of rotatable bonds is 7. The highest BCUT2D eigenvalue weighted by Gasteiger charge is 2.17. The second-order valence-corrected chi connectivity index (χ2v) is 7.42. The van der Waals surface area contributed by atoms with Gasteiger partial charge in [-0.25, -0.2) is 4.98 Å². The van der Waals surface area contributed by atoms with Crippen LogP contribution < -0.4 is 10.1 Å². The summed E-state index contributed by atoms with van der Waals surface area (Å²) in [6.45, 7) is 0.641. The van der Waals surface area contributed by atoms with E-state index in [0.717, 1.165) is 30.6 Å². The van der Waals surface area contributed by atoms with Crippen molar-refractivity contribution >= 4 is 5.91 Å². The second kappa shape index (κ2) is 9.44. The molecule has 1 aliphatic carbocycles. The molecule has 1 N–H and O–H groups in total. The lowest BCUT2D eigenvalue weighted by Gasteiger charge is -2.13. The Morgan fingerprint density at radius 2 is 1.97 bits per heavy atom. The molecule has 30 heavy (non-hydrogen) atoms. The molecule has 0 aliphatic heterocycles. The number of amides is 1. The maximum atomic E-state index is 12.8. The van der Waals surface area contributed by atoms with E-state index < -0.39 is 0 Å². The number of hydrogen-bond donors (Lipinski definition) is 1. The number of carbonyl (C=O) groups is 1. The molecule has 0 unspecified atom stereocenters. The quantitative estimate of drug-likeness (QED) is 0.520. The lowest BCUT2D eigenvalue weighted by atomic mass is 9.97. The first-order valence-corrected chi connectivity index (χ1v) is 10.4. The summed E-state index contributed by atoms with van der Waals surface area (Å²) in [6, 6.07) is 15.0. The van der Waals surface area contributed by atoms with E-state index in [-0.39, 0.29) is 5.91 Å². The number of benzene rings is 2. The van der Waals surface area contributed by atoms with Gasteiger partial charge in [0, 0.05) is 17.7 Å². The van der Waals surface area contributed by atoms with E-state index in [1.807, 2.05) is 48.5 Å². The molecule has 4 rings (SSSR count). The van der Waals surface area contributed by atoms with E-state index in [2.05, 4.69) is 16.4 Å². The highest BCUT2D eigenvalue weighted by Crippen LogP contribution is 2.29. The third kappa shape index (κ3) is 4.62. The highest BCUT2D eigenvalue weighted by atomic mass is 16.5. The number of methoxy groups -OCH3 is 1. The Morgan fingerprint density at radius 3 is 2.73 bits per heavy atom. The molecule has 1 aromatic heterocycles. The van der Waals surface area contributed by atoms with Crippen LogP contribution in [0.4, 0.5) is 0 Å². The van der Waals surface area contributed by atoms with Crippen molar-refractivity contribution in [2.45, 2.75) is 32.1 Å². The number of ether oxygens (including phenoxy) is 1. The Bertz CT molecular complexity index is 1030. The minimum absolute atomic E-state index is 0.105. The summed E-state index contributed by atoms with van der Waals surface area (Å²) in [7, 11) is 1.63.